The first-order valence-corrected chi connectivity index (χ1v) is 9.16. The Kier molecular flexibility index (Phi) is 5.74. The van der Waals surface area contributed by atoms with Crippen LogP contribution in [0.1, 0.15) is 50.0 Å². The molecule has 0 saturated carbocycles. The molecule has 0 radical (unpaired) electrons. The van der Waals surface area contributed by atoms with Gasteiger partial charge in [-0.2, -0.15) is 0 Å². The predicted octanol–water partition coefficient (Wildman–Crippen LogP) is 3.45. The number of thioether (sulfide) groups is 1. The van der Waals surface area contributed by atoms with Crippen molar-refractivity contribution in [2.24, 2.45) is 0 Å². The third-order valence-electron chi connectivity index (χ3n) is 3.86. The van der Waals surface area contributed by atoms with E-state index in [-0.39, 0.29) is 17.3 Å². The Morgan fingerprint density at radius 1 is 1.26 bits per heavy atom. The fourth-order valence-corrected chi connectivity index (χ4v) is 3.55. The minimum Gasteiger partial charge on any atom is -0.464 e. The number of benzene rings is 1. The Balaban J connectivity index is 2.11. The largest absolute Gasteiger partial charge is 0.464 e. The molecule has 5 heteroatoms. The maximum atomic E-state index is 12.7. The lowest BCUT2D eigenvalue weighted by Crippen LogP contribution is -2.42. The van der Waals surface area contributed by atoms with E-state index in [1.54, 1.807) is 16.7 Å². The summed E-state index contributed by atoms with van der Waals surface area (Å²) in [5.41, 5.74) is 1.86. The molecule has 2 rings (SSSR count). The topological polar surface area (TPSA) is 46.6 Å². The van der Waals surface area contributed by atoms with Gasteiger partial charge in [0.25, 0.3) is 5.91 Å². The highest BCUT2D eigenvalue weighted by molar-refractivity contribution is 7.99. The molecule has 4 nitrogen and oxygen atoms in total. The van der Waals surface area contributed by atoms with Crippen molar-refractivity contribution in [3.05, 3.63) is 35.4 Å². The van der Waals surface area contributed by atoms with Crippen LogP contribution in [0.4, 0.5) is 0 Å². The maximum absolute atomic E-state index is 12.7. The highest BCUT2D eigenvalue weighted by atomic mass is 32.2. The first-order chi connectivity index (χ1) is 10.8. The molecule has 1 aromatic rings. The Labute approximate surface area is 142 Å². The lowest BCUT2D eigenvalue weighted by molar-refractivity contribution is -0.147. The van der Waals surface area contributed by atoms with Crippen LogP contribution in [0.25, 0.3) is 0 Å². The van der Waals surface area contributed by atoms with Crippen LogP contribution in [0.2, 0.25) is 0 Å². The van der Waals surface area contributed by atoms with Crippen LogP contribution in [0.5, 0.6) is 0 Å². The molecule has 0 unspecified atom stereocenters. The van der Waals surface area contributed by atoms with E-state index in [0.717, 1.165) is 6.42 Å². The second kappa shape index (κ2) is 7.39. The van der Waals surface area contributed by atoms with E-state index in [0.29, 0.717) is 23.8 Å². The highest BCUT2D eigenvalue weighted by Gasteiger charge is 2.36. The molecule has 0 spiro atoms. The van der Waals surface area contributed by atoms with Crippen molar-refractivity contribution in [1.29, 1.82) is 0 Å². The summed E-state index contributed by atoms with van der Waals surface area (Å²) in [5.74, 6) is 0.741. The second-order valence-corrected chi connectivity index (χ2v) is 7.79. The van der Waals surface area contributed by atoms with Crippen molar-refractivity contribution in [1.82, 2.24) is 4.90 Å². The number of rotatable bonds is 4. The monoisotopic (exact) mass is 335 g/mol. The molecule has 0 aliphatic carbocycles. The molecular formula is C18H25NO3S. The Morgan fingerprint density at radius 3 is 2.48 bits per heavy atom. The van der Waals surface area contributed by atoms with Gasteiger partial charge < -0.3 is 9.64 Å². The number of hydrogen-bond donors (Lipinski definition) is 0. The van der Waals surface area contributed by atoms with Gasteiger partial charge in [0.15, 0.2) is 0 Å². The normalized spacial score (nSPS) is 18.1. The molecule has 23 heavy (non-hydrogen) atoms. The molecule has 1 fully saturated rings. The zero-order valence-corrected chi connectivity index (χ0v) is 15.1. The molecule has 1 heterocycles. The summed E-state index contributed by atoms with van der Waals surface area (Å²) >= 11 is 1.59. The van der Waals surface area contributed by atoms with Crippen LogP contribution in [-0.2, 0) is 14.9 Å². The number of nitrogens with zero attached hydrogens (tertiary/aromatic N) is 1. The van der Waals surface area contributed by atoms with Gasteiger partial charge in [-0.25, -0.2) is 4.79 Å². The van der Waals surface area contributed by atoms with Gasteiger partial charge in [0.05, 0.1) is 12.5 Å². The SMILES string of the molecule is CCCOC(=O)[C@H]1CSCN1C(=O)c1ccc(C(C)(C)C)cc1. The van der Waals surface area contributed by atoms with E-state index >= 15 is 0 Å². The Hall–Kier alpha value is -1.49. The third kappa shape index (κ3) is 4.28. The number of carbonyl (C=O) groups is 2. The van der Waals surface area contributed by atoms with Crippen LogP contribution < -0.4 is 0 Å². The molecular weight excluding hydrogens is 310 g/mol. The van der Waals surface area contributed by atoms with Crippen molar-refractivity contribution in [2.45, 2.75) is 45.6 Å². The number of esters is 1. The van der Waals surface area contributed by atoms with Gasteiger partial charge in [-0.15, -0.1) is 11.8 Å². The van der Waals surface area contributed by atoms with Crippen molar-refractivity contribution in [3.63, 3.8) is 0 Å². The minimum atomic E-state index is -0.471. The summed E-state index contributed by atoms with van der Waals surface area (Å²) in [4.78, 5) is 26.4. The van der Waals surface area contributed by atoms with Crippen LogP contribution in [0, 0.1) is 0 Å². The van der Waals surface area contributed by atoms with E-state index < -0.39 is 6.04 Å². The van der Waals surface area contributed by atoms with Gasteiger partial charge in [-0.05, 0) is 29.5 Å². The van der Waals surface area contributed by atoms with Gasteiger partial charge in [0.1, 0.15) is 6.04 Å². The van der Waals surface area contributed by atoms with Gasteiger partial charge >= 0.3 is 5.97 Å². The van der Waals surface area contributed by atoms with Crippen molar-refractivity contribution in [2.75, 3.05) is 18.2 Å². The van der Waals surface area contributed by atoms with Crippen LogP contribution in [0.15, 0.2) is 24.3 Å². The quantitative estimate of drug-likeness (QED) is 0.791. The molecule has 1 aliphatic rings. The second-order valence-electron chi connectivity index (χ2n) is 6.79. The van der Waals surface area contributed by atoms with E-state index in [9.17, 15) is 9.59 Å². The molecule has 0 bridgehead atoms. The molecule has 0 N–H and O–H groups in total. The summed E-state index contributed by atoms with van der Waals surface area (Å²) < 4.78 is 5.21. The average molecular weight is 335 g/mol. The molecule has 1 saturated heterocycles. The highest BCUT2D eigenvalue weighted by Crippen LogP contribution is 2.26. The zero-order valence-electron chi connectivity index (χ0n) is 14.3. The Bertz CT molecular complexity index is 563. The van der Waals surface area contributed by atoms with Gasteiger partial charge in [0.2, 0.25) is 0 Å². The predicted molar refractivity (Wildman–Crippen MR) is 93.7 cm³/mol. The van der Waals surface area contributed by atoms with E-state index in [1.165, 1.54) is 5.56 Å². The number of ether oxygens (including phenoxy) is 1. The number of amides is 1. The van der Waals surface area contributed by atoms with Crippen molar-refractivity contribution < 1.29 is 14.3 Å². The van der Waals surface area contributed by atoms with Crippen molar-refractivity contribution >= 4 is 23.6 Å². The number of carbonyl (C=O) groups excluding carboxylic acids is 2. The summed E-state index contributed by atoms with van der Waals surface area (Å²) in [5, 5.41) is 0. The lowest BCUT2D eigenvalue weighted by atomic mass is 9.86. The van der Waals surface area contributed by atoms with E-state index in [2.05, 4.69) is 20.8 Å². The average Bonchev–Trinajstić information content (AvgIpc) is 3.00. The van der Waals surface area contributed by atoms with Gasteiger partial charge in [0, 0.05) is 11.3 Å². The standard InChI is InChI=1S/C18H25NO3S/c1-5-10-22-17(21)15-11-23-12-19(15)16(20)13-6-8-14(9-7-13)18(2,3)4/h6-9,15H,5,10-12H2,1-4H3/t15-/m1/s1. The van der Waals surface area contributed by atoms with Gasteiger partial charge in [-0.3, -0.25) is 4.79 Å². The van der Waals surface area contributed by atoms with E-state index in [4.69, 9.17) is 4.74 Å². The summed E-state index contributed by atoms with van der Waals surface area (Å²) in [6.07, 6.45) is 0.786. The summed E-state index contributed by atoms with van der Waals surface area (Å²) in [6.45, 7) is 8.78. The minimum absolute atomic E-state index is 0.0531. The fraction of sp³-hybridized carbons (Fsp3) is 0.556. The number of hydrogen-bond acceptors (Lipinski definition) is 4. The summed E-state index contributed by atoms with van der Waals surface area (Å²) in [7, 11) is 0. The molecule has 1 aromatic carbocycles. The van der Waals surface area contributed by atoms with Crippen LogP contribution in [0.3, 0.4) is 0 Å². The Morgan fingerprint density at radius 2 is 1.91 bits per heavy atom. The molecule has 1 atom stereocenters. The smallest absolute Gasteiger partial charge is 0.329 e. The molecule has 1 aliphatic heterocycles. The van der Waals surface area contributed by atoms with Crippen molar-refractivity contribution in [3.8, 4) is 0 Å². The lowest BCUT2D eigenvalue weighted by Gasteiger charge is -2.23. The van der Waals surface area contributed by atoms with Crippen LogP contribution in [-0.4, -0.2) is 41.1 Å². The van der Waals surface area contributed by atoms with E-state index in [1.807, 2.05) is 31.2 Å². The van der Waals surface area contributed by atoms with Gasteiger partial charge in [-0.1, -0.05) is 39.8 Å². The zero-order chi connectivity index (χ0) is 17.0. The first-order valence-electron chi connectivity index (χ1n) is 8.00. The molecule has 0 aromatic heterocycles. The maximum Gasteiger partial charge on any atom is 0.329 e. The first kappa shape index (κ1) is 17.9. The third-order valence-corrected chi connectivity index (χ3v) is 4.87. The summed E-state index contributed by atoms with van der Waals surface area (Å²) in [6, 6.07) is 7.20. The van der Waals surface area contributed by atoms with Crippen LogP contribution >= 0.6 is 11.8 Å². The fourth-order valence-electron chi connectivity index (χ4n) is 2.42. The molecule has 1 amide bonds. The molecule has 126 valence electrons.